The summed E-state index contributed by atoms with van der Waals surface area (Å²) in [5.41, 5.74) is 3.39. The van der Waals surface area contributed by atoms with Crippen LogP contribution in [0.4, 0.5) is 5.69 Å². The topological polar surface area (TPSA) is 95.9 Å². The van der Waals surface area contributed by atoms with Crippen molar-refractivity contribution in [3.05, 3.63) is 70.3 Å². The molecule has 2 aromatic rings. The highest BCUT2D eigenvalue weighted by molar-refractivity contribution is 7.90. The molecule has 0 radical (unpaired) electrons. The first-order chi connectivity index (χ1) is 21.0. The van der Waals surface area contributed by atoms with Crippen LogP contribution < -0.4 is 14.4 Å². The second kappa shape index (κ2) is 12.3. The van der Waals surface area contributed by atoms with Gasteiger partial charge in [0.2, 0.25) is 10.0 Å². The molecule has 238 valence electrons. The molecule has 2 aromatic carbocycles. The van der Waals surface area contributed by atoms with Crippen LogP contribution in [0.15, 0.2) is 48.6 Å². The number of amides is 1. The van der Waals surface area contributed by atoms with Gasteiger partial charge in [-0.25, -0.2) is 13.1 Å². The Morgan fingerprint density at radius 3 is 2.75 bits per heavy atom. The Kier molecular flexibility index (Phi) is 8.81. The lowest BCUT2D eigenvalue weighted by Crippen LogP contribution is -2.49. The van der Waals surface area contributed by atoms with E-state index in [0.29, 0.717) is 49.1 Å². The number of rotatable bonds is 2. The molecule has 1 amide bonds. The van der Waals surface area contributed by atoms with Crippen molar-refractivity contribution in [3.8, 4) is 5.75 Å². The fourth-order valence-corrected chi connectivity index (χ4v) is 9.40. The zero-order chi connectivity index (χ0) is 31.2. The normalized spacial score (nSPS) is 33.1. The summed E-state index contributed by atoms with van der Waals surface area (Å²) in [4.78, 5) is 15.8. The van der Waals surface area contributed by atoms with Crippen LogP contribution in [0, 0.1) is 23.7 Å². The van der Waals surface area contributed by atoms with Crippen LogP contribution in [-0.2, 0) is 21.9 Å². The van der Waals surface area contributed by atoms with Crippen LogP contribution in [0.1, 0.15) is 80.8 Å². The van der Waals surface area contributed by atoms with Gasteiger partial charge in [-0.1, -0.05) is 43.7 Å². The number of anilines is 1. The average molecular weight is 641 g/mol. The number of fused-ring (bicyclic) bond motifs is 4. The Hall–Kier alpha value is -2.55. The predicted molar refractivity (Wildman–Crippen MR) is 175 cm³/mol. The molecule has 7 atom stereocenters. The molecule has 44 heavy (non-hydrogen) atoms. The Morgan fingerprint density at radius 2 is 2.00 bits per heavy atom. The van der Waals surface area contributed by atoms with Gasteiger partial charge in [0.05, 0.1) is 23.6 Å². The summed E-state index contributed by atoms with van der Waals surface area (Å²) in [7, 11) is -3.92. The van der Waals surface area contributed by atoms with E-state index in [2.05, 4.69) is 27.8 Å². The Labute approximate surface area is 267 Å². The van der Waals surface area contributed by atoms with Gasteiger partial charge in [-0.15, -0.1) is 0 Å². The van der Waals surface area contributed by atoms with Crippen LogP contribution in [0.2, 0.25) is 5.02 Å². The van der Waals surface area contributed by atoms with Crippen molar-refractivity contribution in [1.82, 2.24) is 4.72 Å². The molecule has 9 heteroatoms. The largest absolute Gasteiger partial charge is 0.490 e. The van der Waals surface area contributed by atoms with Crippen LogP contribution in [0.3, 0.4) is 0 Å². The minimum absolute atomic E-state index is 0.00557. The number of nitrogens with zero attached hydrogens (tertiary/aromatic N) is 1. The molecule has 2 bridgehead atoms. The smallest absolute Gasteiger partial charge is 0.264 e. The number of nitrogens with one attached hydrogen (secondary N) is 1. The number of benzene rings is 2. The van der Waals surface area contributed by atoms with Crippen LogP contribution in [0.5, 0.6) is 5.75 Å². The summed E-state index contributed by atoms with van der Waals surface area (Å²) in [6, 6.07) is 11.5. The first-order valence-electron chi connectivity index (χ1n) is 16.2. The Morgan fingerprint density at radius 1 is 1.18 bits per heavy atom. The van der Waals surface area contributed by atoms with E-state index in [4.69, 9.17) is 16.3 Å². The third-order valence-corrected chi connectivity index (χ3v) is 13.1. The number of allylic oxidation sites excluding steroid dienone is 1. The number of carbonyl (C=O) groups is 1. The average Bonchev–Trinajstić information content (AvgIpc) is 3.13. The number of carbonyl (C=O) groups excluding carboxylic acids is 1. The van der Waals surface area contributed by atoms with E-state index >= 15 is 0 Å². The molecule has 0 saturated heterocycles. The first kappa shape index (κ1) is 31.4. The molecule has 7 nitrogen and oxygen atoms in total. The van der Waals surface area contributed by atoms with Crippen molar-refractivity contribution in [2.24, 2.45) is 23.7 Å². The number of hydrogen-bond donors (Lipinski definition) is 2. The number of hydrogen-bond acceptors (Lipinski definition) is 6. The highest BCUT2D eigenvalue weighted by atomic mass is 35.5. The van der Waals surface area contributed by atoms with E-state index in [-0.39, 0.29) is 17.3 Å². The Bertz CT molecular complexity index is 1540. The summed E-state index contributed by atoms with van der Waals surface area (Å²) in [5, 5.41) is 11.1. The second-order valence-electron chi connectivity index (χ2n) is 13.7. The summed E-state index contributed by atoms with van der Waals surface area (Å²) in [6.07, 6.45) is 10.0. The fourth-order valence-electron chi connectivity index (χ4n) is 7.92. The van der Waals surface area contributed by atoms with E-state index in [1.165, 1.54) is 11.1 Å². The van der Waals surface area contributed by atoms with Gasteiger partial charge in [0.25, 0.3) is 5.91 Å². The molecule has 2 aliphatic heterocycles. The van der Waals surface area contributed by atoms with Gasteiger partial charge >= 0.3 is 0 Å². The second-order valence-corrected chi connectivity index (χ2v) is 16.1. The van der Waals surface area contributed by atoms with E-state index in [0.717, 1.165) is 49.4 Å². The van der Waals surface area contributed by atoms with E-state index in [1.54, 1.807) is 19.1 Å². The minimum Gasteiger partial charge on any atom is -0.490 e. The number of aliphatic hydroxyl groups is 1. The Balaban J connectivity index is 1.44. The number of sulfonamides is 1. The van der Waals surface area contributed by atoms with E-state index in [1.807, 2.05) is 32.1 Å². The van der Waals surface area contributed by atoms with Gasteiger partial charge in [0, 0.05) is 35.0 Å². The molecule has 2 aliphatic carbocycles. The number of ether oxygens (including phenoxy) is 1. The first-order valence-corrected chi connectivity index (χ1v) is 18.1. The number of aryl methyl sites for hydroxylation is 1. The summed E-state index contributed by atoms with van der Waals surface area (Å²) >= 11 is 6.42. The standard InChI is InChI=1S/C35H45ClN2O5S/c1-4-32(39)29-9-5-7-22(2)23(3)44(41,42)37-34(40)25-11-15-33-31(18-25)38(19-26-10-13-28(26)29)20-35(21-43-33)16-6-8-24-17-27(36)12-14-30(24)35/h5,9,11-12,14-15,17-18,22-23,26,28-29,32,39H,4,6-8,10,13,16,19-21H2,1-3H3,(H,37,40)/b9-5+/t22-,23+,26-,28+,29?,32-,35-/m0/s1. The summed E-state index contributed by atoms with van der Waals surface area (Å²) < 4.78 is 35.5. The molecule has 2 N–H and O–H groups in total. The molecule has 6 rings (SSSR count). The molecule has 2 heterocycles. The van der Waals surface area contributed by atoms with Crippen molar-refractivity contribution >= 4 is 33.2 Å². The van der Waals surface area contributed by atoms with Crippen molar-refractivity contribution < 1.29 is 23.1 Å². The van der Waals surface area contributed by atoms with Gasteiger partial charge in [0.1, 0.15) is 5.75 Å². The van der Waals surface area contributed by atoms with E-state index < -0.39 is 27.3 Å². The molecule has 1 unspecified atom stereocenters. The molecule has 0 aromatic heterocycles. The molecule has 1 spiro atoms. The maximum absolute atomic E-state index is 13.4. The van der Waals surface area contributed by atoms with Gasteiger partial charge in [0.15, 0.2) is 0 Å². The van der Waals surface area contributed by atoms with Crippen molar-refractivity contribution in [2.75, 3.05) is 24.6 Å². The summed E-state index contributed by atoms with van der Waals surface area (Å²) in [5.74, 6) is 0.555. The third kappa shape index (κ3) is 5.90. The van der Waals surface area contributed by atoms with Gasteiger partial charge in [-0.2, -0.15) is 0 Å². The van der Waals surface area contributed by atoms with Gasteiger partial charge in [-0.3, -0.25) is 4.79 Å². The lowest BCUT2D eigenvalue weighted by atomic mass is 9.64. The summed E-state index contributed by atoms with van der Waals surface area (Å²) in [6.45, 7) is 7.55. The highest BCUT2D eigenvalue weighted by Gasteiger charge is 2.45. The fraction of sp³-hybridized carbons (Fsp3) is 0.571. The third-order valence-electron chi connectivity index (χ3n) is 11.0. The maximum atomic E-state index is 13.4. The lowest BCUT2D eigenvalue weighted by molar-refractivity contribution is 0.0313. The van der Waals surface area contributed by atoms with Crippen molar-refractivity contribution in [3.63, 3.8) is 0 Å². The number of aliphatic hydroxyl groups excluding tert-OH is 1. The molecule has 1 fully saturated rings. The van der Waals surface area contributed by atoms with Crippen LogP contribution in [-0.4, -0.2) is 50.5 Å². The van der Waals surface area contributed by atoms with Crippen molar-refractivity contribution in [2.45, 2.75) is 82.5 Å². The molecular formula is C35H45ClN2O5S. The monoisotopic (exact) mass is 640 g/mol. The van der Waals surface area contributed by atoms with Gasteiger partial charge in [-0.05, 0) is 111 Å². The highest BCUT2D eigenvalue weighted by Crippen LogP contribution is 2.48. The quantitative estimate of drug-likeness (QED) is 0.376. The number of halogens is 1. The molecule has 4 aliphatic rings. The van der Waals surface area contributed by atoms with E-state index in [9.17, 15) is 18.3 Å². The molecule has 1 saturated carbocycles. The van der Waals surface area contributed by atoms with Crippen molar-refractivity contribution in [1.29, 1.82) is 0 Å². The maximum Gasteiger partial charge on any atom is 0.264 e. The van der Waals surface area contributed by atoms with Crippen LogP contribution >= 0.6 is 11.6 Å². The zero-order valence-electron chi connectivity index (χ0n) is 26.0. The molecular weight excluding hydrogens is 596 g/mol. The van der Waals surface area contributed by atoms with Gasteiger partial charge < -0.3 is 14.7 Å². The minimum atomic E-state index is -3.92. The van der Waals surface area contributed by atoms with Crippen LogP contribution in [0.25, 0.3) is 0 Å². The lowest BCUT2D eigenvalue weighted by Gasteiger charge is -2.47. The predicted octanol–water partition coefficient (Wildman–Crippen LogP) is 6.27. The SMILES string of the molecule is CC[C@H](O)C1/C=C/C[C@H](C)[C@@H](C)S(=O)(=O)NC(=O)c2ccc3c(c2)N(C[C@@H]2CC[C@@H]12)C[C@@]1(CCCc2cc(Cl)ccc21)CO3. The zero-order valence-corrected chi connectivity index (χ0v) is 27.5.